The highest BCUT2D eigenvalue weighted by Crippen LogP contribution is 2.39. The number of carbonyl (C=O) groups excluding carboxylic acids is 1. The Morgan fingerprint density at radius 3 is 2.50 bits per heavy atom. The number of ether oxygens (including phenoxy) is 2. The van der Waals surface area contributed by atoms with E-state index >= 15 is 0 Å². The highest BCUT2D eigenvalue weighted by atomic mass is 16.5. The molecule has 1 aliphatic heterocycles. The molecule has 0 unspecified atom stereocenters. The zero-order chi connectivity index (χ0) is 20.4. The molecule has 1 N–H and O–H groups in total. The number of nitrogens with zero attached hydrogens (tertiary/aromatic N) is 2. The number of carboxylic acid groups (broad SMARTS) is 1. The van der Waals surface area contributed by atoms with E-state index in [-0.39, 0.29) is 18.7 Å². The molecule has 1 atom stereocenters. The topological polar surface area (TPSA) is 102 Å². The summed E-state index contributed by atoms with van der Waals surface area (Å²) in [6, 6.07) is 3.06. The smallest absolute Gasteiger partial charge is 0.305 e. The Hall–Kier alpha value is -3.03. The number of aryl methyl sites for hydroxylation is 2. The molecule has 1 amide bonds. The number of aromatic nitrogens is 1. The first kappa shape index (κ1) is 19.7. The first-order valence-electron chi connectivity index (χ1n) is 9.03. The van der Waals surface area contributed by atoms with E-state index in [1.807, 2.05) is 6.07 Å². The van der Waals surface area contributed by atoms with Crippen molar-refractivity contribution in [2.45, 2.75) is 39.2 Å². The fraction of sp³-hybridized carbons (Fsp3) is 0.450. The van der Waals surface area contributed by atoms with Gasteiger partial charge in [0.2, 0.25) is 5.91 Å². The van der Waals surface area contributed by atoms with Gasteiger partial charge in [-0.05, 0) is 43.5 Å². The highest BCUT2D eigenvalue weighted by Gasteiger charge is 2.34. The van der Waals surface area contributed by atoms with Crippen LogP contribution in [0.15, 0.2) is 16.7 Å². The third kappa shape index (κ3) is 3.67. The van der Waals surface area contributed by atoms with Gasteiger partial charge in [0, 0.05) is 12.1 Å². The van der Waals surface area contributed by atoms with Gasteiger partial charge >= 0.3 is 5.97 Å². The summed E-state index contributed by atoms with van der Waals surface area (Å²) in [4.78, 5) is 26.2. The van der Waals surface area contributed by atoms with Crippen molar-refractivity contribution in [1.29, 1.82) is 0 Å². The fourth-order valence-corrected chi connectivity index (χ4v) is 3.72. The predicted octanol–water partition coefficient (Wildman–Crippen LogP) is 2.45. The lowest BCUT2D eigenvalue weighted by Crippen LogP contribution is -2.42. The number of fused-ring (bicyclic) bond motifs is 1. The van der Waals surface area contributed by atoms with Crippen LogP contribution in [0.2, 0.25) is 0 Å². The van der Waals surface area contributed by atoms with Crippen LogP contribution in [0.25, 0.3) is 0 Å². The molecular formula is C20H24N2O6. The lowest BCUT2D eigenvalue weighted by molar-refractivity contribution is -0.141. The van der Waals surface area contributed by atoms with Crippen molar-refractivity contribution in [1.82, 2.24) is 10.1 Å². The SMILES string of the molecule is COc1cc2c(cc1OC)[C@@H](CC(=O)O)N(C(=O)Cc1c(C)noc1C)CC2. The van der Waals surface area contributed by atoms with Crippen LogP contribution >= 0.6 is 0 Å². The number of hydrogen-bond donors (Lipinski definition) is 1. The maximum absolute atomic E-state index is 13.1. The van der Waals surface area contributed by atoms with Gasteiger partial charge in [-0.2, -0.15) is 0 Å². The molecule has 150 valence electrons. The quantitative estimate of drug-likeness (QED) is 0.811. The molecule has 2 heterocycles. The van der Waals surface area contributed by atoms with Crippen LogP contribution < -0.4 is 9.47 Å². The predicted molar refractivity (Wildman–Crippen MR) is 99.6 cm³/mol. The maximum atomic E-state index is 13.1. The van der Waals surface area contributed by atoms with Crippen molar-refractivity contribution in [3.8, 4) is 11.5 Å². The zero-order valence-electron chi connectivity index (χ0n) is 16.4. The second kappa shape index (κ2) is 7.92. The molecule has 0 radical (unpaired) electrons. The van der Waals surface area contributed by atoms with Gasteiger partial charge in [-0.3, -0.25) is 9.59 Å². The summed E-state index contributed by atoms with van der Waals surface area (Å²) >= 11 is 0. The molecule has 0 bridgehead atoms. The minimum atomic E-state index is -0.970. The Labute approximate surface area is 163 Å². The number of carbonyl (C=O) groups is 2. The molecule has 0 aliphatic carbocycles. The second-order valence-electron chi connectivity index (χ2n) is 6.84. The van der Waals surface area contributed by atoms with Gasteiger partial charge in [-0.15, -0.1) is 0 Å². The summed E-state index contributed by atoms with van der Waals surface area (Å²) in [6.45, 7) is 3.99. The molecule has 1 aliphatic rings. The number of hydrogen-bond acceptors (Lipinski definition) is 6. The van der Waals surface area contributed by atoms with E-state index < -0.39 is 12.0 Å². The summed E-state index contributed by atoms with van der Waals surface area (Å²) in [7, 11) is 3.08. The maximum Gasteiger partial charge on any atom is 0.305 e. The largest absolute Gasteiger partial charge is 0.493 e. The number of benzene rings is 1. The van der Waals surface area contributed by atoms with Crippen LogP contribution in [0.5, 0.6) is 11.5 Å². The summed E-state index contributed by atoms with van der Waals surface area (Å²) in [5.74, 6) is 0.579. The number of carboxylic acids is 1. The summed E-state index contributed by atoms with van der Waals surface area (Å²) < 4.78 is 15.9. The molecular weight excluding hydrogens is 364 g/mol. The van der Waals surface area contributed by atoms with Crippen LogP contribution in [-0.4, -0.2) is 47.8 Å². The standard InChI is InChI=1S/C20H24N2O6/c1-11-14(12(2)28-21-11)9-19(23)22-6-5-13-7-17(26-3)18(27-4)8-15(13)16(22)10-20(24)25/h7-8,16H,5-6,9-10H2,1-4H3,(H,24,25)/t16-/m1/s1. The van der Waals surface area contributed by atoms with E-state index in [4.69, 9.17) is 14.0 Å². The fourth-order valence-electron chi connectivity index (χ4n) is 3.72. The zero-order valence-corrected chi connectivity index (χ0v) is 16.4. The second-order valence-corrected chi connectivity index (χ2v) is 6.84. The molecule has 8 heteroatoms. The molecule has 2 aromatic rings. The van der Waals surface area contributed by atoms with Crippen molar-refractivity contribution >= 4 is 11.9 Å². The first-order chi connectivity index (χ1) is 13.3. The van der Waals surface area contributed by atoms with Crippen molar-refractivity contribution < 1.29 is 28.7 Å². The van der Waals surface area contributed by atoms with Gasteiger partial charge in [0.25, 0.3) is 0 Å². The monoisotopic (exact) mass is 388 g/mol. The van der Waals surface area contributed by atoms with E-state index in [0.717, 1.165) is 16.7 Å². The Morgan fingerprint density at radius 2 is 1.93 bits per heavy atom. The van der Waals surface area contributed by atoms with Gasteiger partial charge in [-0.1, -0.05) is 5.16 Å². The van der Waals surface area contributed by atoms with Gasteiger partial charge in [0.15, 0.2) is 11.5 Å². The third-order valence-electron chi connectivity index (χ3n) is 5.20. The van der Waals surface area contributed by atoms with E-state index in [9.17, 15) is 14.7 Å². The van der Waals surface area contributed by atoms with E-state index in [0.29, 0.717) is 35.9 Å². The Bertz CT molecular complexity index is 885. The number of aliphatic carboxylic acids is 1. The molecule has 0 fully saturated rings. The summed E-state index contributed by atoms with van der Waals surface area (Å²) in [5, 5.41) is 13.3. The lowest BCUT2D eigenvalue weighted by Gasteiger charge is -2.37. The van der Waals surface area contributed by atoms with Crippen LogP contribution in [0.1, 0.15) is 40.6 Å². The minimum absolute atomic E-state index is 0.125. The third-order valence-corrected chi connectivity index (χ3v) is 5.20. The first-order valence-corrected chi connectivity index (χ1v) is 9.03. The number of methoxy groups -OCH3 is 2. The van der Waals surface area contributed by atoms with Crippen LogP contribution in [0.4, 0.5) is 0 Å². The molecule has 0 saturated heterocycles. The highest BCUT2D eigenvalue weighted by molar-refractivity contribution is 5.81. The summed E-state index contributed by atoms with van der Waals surface area (Å²) in [6.07, 6.45) is 0.550. The van der Waals surface area contributed by atoms with E-state index in [2.05, 4.69) is 5.16 Å². The van der Waals surface area contributed by atoms with Gasteiger partial charge < -0.3 is 24.0 Å². The summed E-state index contributed by atoms with van der Waals surface area (Å²) in [5.41, 5.74) is 3.16. The van der Waals surface area contributed by atoms with E-state index in [1.165, 1.54) is 7.11 Å². The van der Waals surface area contributed by atoms with Crippen molar-refractivity contribution in [3.63, 3.8) is 0 Å². The van der Waals surface area contributed by atoms with Crippen LogP contribution in [0, 0.1) is 13.8 Å². The van der Waals surface area contributed by atoms with Gasteiger partial charge in [0.05, 0.1) is 38.8 Å². The lowest BCUT2D eigenvalue weighted by atomic mass is 9.89. The average Bonchev–Trinajstić information content (AvgIpc) is 2.98. The van der Waals surface area contributed by atoms with Crippen molar-refractivity contribution in [3.05, 3.63) is 40.3 Å². The molecule has 28 heavy (non-hydrogen) atoms. The molecule has 0 spiro atoms. The Balaban J connectivity index is 1.96. The van der Waals surface area contributed by atoms with Crippen molar-refractivity contribution in [2.75, 3.05) is 20.8 Å². The minimum Gasteiger partial charge on any atom is -0.493 e. The molecule has 1 aromatic heterocycles. The Kier molecular flexibility index (Phi) is 5.58. The molecule has 8 nitrogen and oxygen atoms in total. The number of amides is 1. The molecule has 1 aromatic carbocycles. The van der Waals surface area contributed by atoms with E-state index in [1.54, 1.807) is 31.9 Å². The van der Waals surface area contributed by atoms with Crippen LogP contribution in [-0.2, 0) is 22.4 Å². The van der Waals surface area contributed by atoms with Gasteiger partial charge in [-0.25, -0.2) is 0 Å². The van der Waals surface area contributed by atoms with Gasteiger partial charge in [0.1, 0.15) is 5.76 Å². The van der Waals surface area contributed by atoms with Crippen LogP contribution in [0.3, 0.4) is 0 Å². The molecule has 3 rings (SSSR count). The average molecular weight is 388 g/mol. The van der Waals surface area contributed by atoms with Crippen molar-refractivity contribution in [2.24, 2.45) is 0 Å². The normalized spacial score (nSPS) is 15.9. The Morgan fingerprint density at radius 1 is 1.25 bits per heavy atom. The molecule has 0 saturated carbocycles. The number of rotatable bonds is 6.